The number of likely N-dealkylation sites (N-methyl/N-ethyl adjacent to an activating group) is 1. The van der Waals surface area contributed by atoms with Crippen LogP contribution in [0.15, 0.2) is 12.4 Å². The van der Waals surface area contributed by atoms with Gasteiger partial charge in [0.25, 0.3) is 0 Å². The minimum absolute atomic E-state index is 0.463. The lowest BCUT2D eigenvalue weighted by Gasteiger charge is -2.20. The summed E-state index contributed by atoms with van der Waals surface area (Å²) in [4.78, 5) is 10.7. The molecule has 1 aromatic rings. The Morgan fingerprint density at radius 1 is 1.25 bits per heavy atom. The summed E-state index contributed by atoms with van der Waals surface area (Å²) in [5, 5.41) is 6.40. The van der Waals surface area contributed by atoms with Gasteiger partial charge in [0.1, 0.15) is 11.6 Å². The summed E-state index contributed by atoms with van der Waals surface area (Å²) in [5.74, 6) is 1.62. The van der Waals surface area contributed by atoms with Crippen molar-refractivity contribution in [3.05, 3.63) is 12.4 Å². The van der Waals surface area contributed by atoms with Gasteiger partial charge in [-0.05, 0) is 27.9 Å². The second kappa shape index (κ2) is 6.27. The van der Waals surface area contributed by atoms with E-state index in [-0.39, 0.29) is 0 Å². The molecule has 0 saturated carbocycles. The number of nitrogens with zero attached hydrogens (tertiary/aromatic N) is 3. The van der Waals surface area contributed by atoms with E-state index in [1.54, 1.807) is 12.4 Å². The van der Waals surface area contributed by atoms with Gasteiger partial charge in [-0.15, -0.1) is 0 Å². The first-order valence-electron chi connectivity index (χ1n) is 5.59. The van der Waals surface area contributed by atoms with Crippen LogP contribution in [-0.2, 0) is 0 Å². The molecule has 0 saturated heterocycles. The van der Waals surface area contributed by atoms with E-state index >= 15 is 0 Å². The largest absolute Gasteiger partial charge is 0.369 e. The molecule has 0 aliphatic rings. The molecule has 5 heteroatoms. The van der Waals surface area contributed by atoms with Gasteiger partial charge < -0.3 is 15.5 Å². The number of hydrogen-bond donors (Lipinski definition) is 2. The summed E-state index contributed by atoms with van der Waals surface area (Å²) < 4.78 is 0. The molecule has 1 atom stereocenters. The summed E-state index contributed by atoms with van der Waals surface area (Å²) in [7, 11) is 4.13. The number of anilines is 2. The molecular formula is C11H21N5. The fraction of sp³-hybridized carbons (Fsp3) is 0.636. The summed E-state index contributed by atoms with van der Waals surface area (Å²) in [6.07, 6.45) is 3.47. The van der Waals surface area contributed by atoms with E-state index < -0.39 is 0 Å². The highest BCUT2D eigenvalue weighted by molar-refractivity contribution is 5.41. The first kappa shape index (κ1) is 12.7. The second-order valence-electron chi connectivity index (χ2n) is 4.01. The Bertz CT molecular complexity index is 313. The predicted molar refractivity (Wildman–Crippen MR) is 67.8 cm³/mol. The predicted octanol–water partition coefficient (Wildman–Crippen LogP) is 1.27. The smallest absolute Gasteiger partial charge is 0.147 e. The molecule has 0 radical (unpaired) electrons. The molecule has 1 aromatic heterocycles. The van der Waals surface area contributed by atoms with Crippen LogP contribution in [-0.4, -0.2) is 48.1 Å². The van der Waals surface area contributed by atoms with Crippen LogP contribution in [0.3, 0.4) is 0 Å². The van der Waals surface area contributed by atoms with E-state index in [0.717, 1.165) is 24.7 Å². The Morgan fingerprint density at radius 3 is 2.44 bits per heavy atom. The minimum Gasteiger partial charge on any atom is -0.369 e. The highest BCUT2D eigenvalue weighted by Gasteiger charge is 2.04. The molecule has 0 bridgehead atoms. The molecule has 2 N–H and O–H groups in total. The minimum atomic E-state index is 0.463. The van der Waals surface area contributed by atoms with Crippen LogP contribution >= 0.6 is 0 Å². The number of nitrogens with one attached hydrogen (secondary N) is 2. The van der Waals surface area contributed by atoms with Gasteiger partial charge in [-0.3, -0.25) is 4.98 Å². The average Bonchev–Trinajstić information content (AvgIpc) is 2.26. The number of rotatable bonds is 6. The van der Waals surface area contributed by atoms with E-state index in [2.05, 4.69) is 46.5 Å². The van der Waals surface area contributed by atoms with E-state index in [1.807, 2.05) is 6.92 Å². The zero-order chi connectivity index (χ0) is 12.0. The van der Waals surface area contributed by atoms with Crippen molar-refractivity contribution in [2.75, 3.05) is 37.8 Å². The third kappa shape index (κ3) is 4.02. The standard InChI is InChI=1S/C11H21N5/c1-5-13-10-7-12-8-11(15-10)14-6-9(2)16(3)4/h7-9H,5-6H2,1-4H3,(H2,13,14,15). The first-order valence-corrected chi connectivity index (χ1v) is 5.59. The van der Waals surface area contributed by atoms with Crippen LogP contribution < -0.4 is 10.6 Å². The summed E-state index contributed by atoms with van der Waals surface area (Å²) >= 11 is 0. The number of hydrogen-bond acceptors (Lipinski definition) is 5. The Kier molecular flexibility index (Phi) is 4.98. The first-order chi connectivity index (χ1) is 7.63. The van der Waals surface area contributed by atoms with Gasteiger partial charge in [-0.2, -0.15) is 0 Å². The maximum atomic E-state index is 4.39. The van der Waals surface area contributed by atoms with Crippen molar-refractivity contribution in [3.8, 4) is 0 Å². The zero-order valence-corrected chi connectivity index (χ0v) is 10.5. The quantitative estimate of drug-likeness (QED) is 0.760. The van der Waals surface area contributed by atoms with Crippen molar-refractivity contribution in [3.63, 3.8) is 0 Å². The van der Waals surface area contributed by atoms with Gasteiger partial charge >= 0.3 is 0 Å². The lowest BCUT2D eigenvalue weighted by molar-refractivity contribution is 0.326. The highest BCUT2D eigenvalue weighted by Crippen LogP contribution is 2.06. The Balaban J connectivity index is 2.50. The monoisotopic (exact) mass is 223 g/mol. The molecule has 0 aliphatic heterocycles. The number of aromatic nitrogens is 2. The van der Waals surface area contributed by atoms with Crippen molar-refractivity contribution in [1.82, 2.24) is 14.9 Å². The maximum absolute atomic E-state index is 4.39. The van der Waals surface area contributed by atoms with Gasteiger partial charge in [0.05, 0.1) is 12.4 Å². The highest BCUT2D eigenvalue weighted by atomic mass is 15.1. The summed E-state index contributed by atoms with van der Waals surface area (Å²) in [5.41, 5.74) is 0. The second-order valence-corrected chi connectivity index (χ2v) is 4.01. The third-order valence-electron chi connectivity index (χ3n) is 2.45. The van der Waals surface area contributed by atoms with Gasteiger partial charge in [-0.1, -0.05) is 0 Å². The fourth-order valence-corrected chi connectivity index (χ4v) is 1.15. The molecule has 90 valence electrons. The molecule has 5 nitrogen and oxygen atoms in total. The van der Waals surface area contributed by atoms with Crippen molar-refractivity contribution in [2.24, 2.45) is 0 Å². The SMILES string of the molecule is CCNc1cncc(NCC(C)N(C)C)n1. The lowest BCUT2D eigenvalue weighted by Crippen LogP contribution is -2.31. The molecule has 0 aromatic carbocycles. The third-order valence-corrected chi connectivity index (χ3v) is 2.45. The fourth-order valence-electron chi connectivity index (χ4n) is 1.15. The topological polar surface area (TPSA) is 53.1 Å². The Hall–Kier alpha value is -1.36. The van der Waals surface area contributed by atoms with Gasteiger partial charge in [0.2, 0.25) is 0 Å². The zero-order valence-electron chi connectivity index (χ0n) is 10.5. The van der Waals surface area contributed by atoms with Gasteiger partial charge in [-0.25, -0.2) is 4.98 Å². The molecule has 0 spiro atoms. The normalized spacial score (nSPS) is 12.6. The van der Waals surface area contributed by atoms with Crippen molar-refractivity contribution in [1.29, 1.82) is 0 Å². The van der Waals surface area contributed by atoms with Crippen LogP contribution in [0, 0.1) is 0 Å². The van der Waals surface area contributed by atoms with Crippen molar-refractivity contribution in [2.45, 2.75) is 19.9 Å². The Labute approximate surface area is 97.3 Å². The lowest BCUT2D eigenvalue weighted by atomic mass is 10.3. The Morgan fingerprint density at radius 2 is 1.88 bits per heavy atom. The molecule has 16 heavy (non-hydrogen) atoms. The average molecular weight is 223 g/mol. The van der Waals surface area contributed by atoms with Crippen LogP contribution in [0.5, 0.6) is 0 Å². The molecule has 1 rings (SSSR count). The molecule has 0 amide bonds. The maximum Gasteiger partial charge on any atom is 0.147 e. The van der Waals surface area contributed by atoms with Gasteiger partial charge in [0.15, 0.2) is 0 Å². The van der Waals surface area contributed by atoms with Crippen LogP contribution in [0.4, 0.5) is 11.6 Å². The van der Waals surface area contributed by atoms with E-state index in [0.29, 0.717) is 6.04 Å². The summed E-state index contributed by atoms with van der Waals surface area (Å²) in [6, 6.07) is 0.463. The summed E-state index contributed by atoms with van der Waals surface area (Å²) in [6.45, 7) is 5.91. The van der Waals surface area contributed by atoms with Crippen LogP contribution in [0.1, 0.15) is 13.8 Å². The van der Waals surface area contributed by atoms with E-state index in [1.165, 1.54) is 0 Å². The van der Waals surface area contributed by atoms with E-state index in [9.17, 15) is 0 Å². The van der Waals surface area contributed by atoms with Crippen LogP contribution in [0.25, 0.3) is 0 Å². The van der Waals surface area contributed by atoms with Crippen LogP contribution in [0.2, 0.25) is 0 Å². The molecule has 1 unspecified atom stereocenters. The molecule has 1 heterocycles. The van der Waals surface area contributed by atoms with Gasteiger partial charge in [0, 0.05) is 19.1 Å². The molecule has 0 aliphatic carbocycles. The molecular weight excluding hydrogens is 202 g/mol. The van der Waals surface area contributed by atoms with Crippen molar-refractivity contribution < 1.29 is 0 Å². The van der Waals surface area contributed by atoms with Crippen molar-refractivity contribution >= 4 is 11.6 Å². The van der Waals surface area contributed by atoms with E-state index in [4.69, 9.17) is 0 Å². The molecule has 0 fully saturated rings.